The normalized spacial score (nSPS) is 13.1. The molecule has 0 heterocycles. The van der Waals surface area contributed by atoms with E-state index in [4.69, 9.17) is 5.73 Å². The maximum atomic E-state index is 5.68. The largest absolute Gasteiger partial charge is 0.330 e. The zero-order valence-electron chi connectivity index (χ0n) is 12.2. The van der Waals surface area contributed by atoms with Crippen LogP contribution in [0.1, 0.15) is 18.1 Å². The summed E-state index contributed by atoms with van der Waals surface area (Å²) >= 11 is 0. The van der Waals surface area contributed by atoms with Crippen LogP contribution in [0, 0.1) is 12.8 Å². The summed E-state index contributed by atoms with van der Waals surface area (Å²) in [6.07, 6.45) is 0. The van der Waals surface area contributed by atoms with E-state index >= 15 is 0 Å². The molecule has 102 valence electrons. The third-order valence-corrected chi connectivity index (χ3v) is 3.54. The second kappa shape index (κ2) is 6.18. The van der Waals surface area contributed by atoms with Crippen LogP contribution < -0.4 is 5.73 Å². The van der Waals surface area contributed by atoms with Gasteiger partial charge in [0.15, 0.2) is 0 Å². The quantitative estimate of drug-likeness (QED) is 0.890. The molecule has 0 saturated carbocycles. The van der Waals surface area contributed by atoms with Gasteiger partial charge in [-0.15, -0.1) is 0 Å². The van der Waals surface area contributed by atoms with Crippen molar-refractivity contribution in [3.63, 3.8) is 0 Å². The third kappa shape index (κ3) is 3.79. The number of hydrogen-bond acceptors (Lipinski definition) is 2. The lowest BCUT2D eigenvalue weighted by Gasteiger charge is -2.20. The molecule has 2 rings (SSSR count). The van der Waals surface area contributed by atoms with Crippen LogP contribution in [0.3, 0.4) is 0 Å². The number of aryl methyl sites for hydroxylation is 1. The van der Waals surface area contributed by atoms with Crippen molar-refractivity contribution in [3.05, 3.63) is 47.5 Å². The van der Waals surface area contributed by atoms with Crippen LogP contribution in [0.15, 0.2) is 36.4 Å². The van der Waals surface area contributed by atoms with E-state index in [1.165, 1.54) is 21.9 Å². The van der Waals surface area contributed by atoms with E-state index in [1.807, 2.05) is 0 Å². The monoisotopic (exact) mass is 256 g/mol. The molecule has 2 heteroatoms. The van der Waals surface area contributed by atoms with Gasteiger partial charge in [-0.25, -0.2) is 0 Å². The SMILES string of the molecule is Cc1ccc2cc(CN(C)CC(C)CN)ccc2c1. The minimum atomic E-state index is 0.549. The number of hydrogen-bond donors (Lipinski definition) is 1. The minimum Gasteiger partial charge on any atom is -0.330 e. The van der Waals surface area contributed by atoms with Gasteiger partial charge in [0.2, 0.25) is 0 Å². The van der Waals surface area contributed by atoms with E-state index in [2.05, 4.69) is 62.2 Å². The molecule has 19 heavy (non-hydrogen) atoms. The Morgan fingerprint density at radius 1 is 1.11 bits per heavy atom. The molecule has 0 fully saturated rings. The second-order valence-corrected chi connectivity index (χ2v) is 5.72. The Labute approximate surface area is 116 Å². The first-order valence-corrected chi connectivity index (χ1v) is 6.96. The summed E-state index contributed by atoms with van der Waals surface area (Å²) in [5.74, 6) is 0.549. The van der Waals surface area contributed by atoms with Gasteiger partial charge >= 0.3 is 0 Å². The van der Waals surface area contributed by atoms with Crippen LogP contribution in [0.5, 0.6) is 0 Å². The topological polar surface area (TPSA) is 29.3 Å². The highest BCUT2D eigenvalue weighted by Crippen LogP contribution is 2.18. The van der Waals surface area contributed by atoms with E-state index in [-0.39, 0.29) is 0 Å². The molecular weight excluding hydrogens is 232 g/mol. The highest BCUT2D eigenvalue weighted by molar-refractivity contribution is 5.83. The standard InChI is InChI=1S/C17H24N2/c1-13-4-6-17-9-15(5-7-16(17)8-13)12-19(3)11-14(2)10-18/h4-9,14H,10-12,18H2,1-3H3. The van der Waals surface area contributed by atoms with Crippen molar-refractivity contribution < 1.29 is 0 Å². The average Bonchev–Trinajstić information content (AvgIpc) is 2.38. The summed E-state index contributed by atoms with van der Waals surface area (Å²) in [5, 5.41) is 2.64. The molecule has 0 saturated heterocycles. The van der Waals surface area contributed by atoms with E-state index < -0.39 is 0 Å². The zero-order valence-corrected chi connectivity index (χ0v) is 12.2. The summed E-state index contributed by atoms with van der Waals surface area (Å²) < 4.78 is 0. The Balaban J connectivity index is 2.11. The molecule has 0 aliphatic carbocycles. The van der Waals surface area contributed by atoms with E-state index in [1.54, 1.807) is 0 Å². The van der Waals surface area contributed by atoms with Crippen molar-refractivity contribution in [2.75, 3.05) is 20.1 Å². The van der Waals surface area contributed by atoms with Crippen molar-refractivity contribution in [2.24, 2.45) is 11.7 Å². The molecule has 2 aromatic carbocycles. The fraction of sp³-hybridized carbons (Fsp3) is 0.412. The first-order chi connectivity index (χ1) is 9.08. The minimum absolute atomic E-state index is 0.549. The van der Waals surface area contributed by atoms with Crippen molar-refractivity contribution in [3.8, 4) is 0 Å². The molecule has 0 aliphatic rings. The molecule has 0 spiro atoms. The molecule has 0 bridgehead atoms. The Bertz CT molecular complexity index is 548. The van der Waals surface area contributed by atoms with Crippen molar-refractivity contribution in [1.29, 1.82) is 0 Å². The van der Waals surface area contributed by atoms with Gasteiger partial charge in [-0.2, -0.15) is 0 Å². The molecule has 2 aromatic rings. The predicted octanol–water partition coefficient (Wildman–Crippen LogP) is 3.17. The first kappa shape index (κ1) is 14.0. The van der Waals surface area contributed by atoms with Crippen LogP contribution in [0.4, 0.5) is 0 Å². The van der Waals surface area contributed by atoms with Crippen molar-refractivity contribution in [2.45, 2.75) is 20.4 Å². The second-order valence-electron chi connectivity index (χ2n) is 5.72. The van der Waals surface area contributed by atoms with Gasteiger partial charge in [0, 0.05) is 13.1 Å². The molecule has 2 nitrogen and oxygen atoms in total. The van der Waals surface area contributed by atoms with Crippen LogP contribution in [-0.4, -0.2) is 25.0 Å². The van der Waals surface area contributed by atoms with E-state index in [0.717, 1.165) is 19.6 Å². The lowest BCUT2D eigenvalue weighted by molar-refractivity contribution is 0.282. The fourth-order valence-electron chi connectivity index (χ4n) is 2.50. The van der Waals surface area contributed by atoms with Crippen molar-refractivity contribution >= 4 is 10.8 Å². The van der Waals surface area contributed by atoms with Gasteiger partial charge in [0.1, 0.15) is 0 Å². The van der Waals surface area contributed by atoms with Gasteiger partial charge in [0.25, 0.3) is 0 Å². The van der Waals surface area contributed by atoms with Gasteiger partial charge in [-0.1, -0.05) is 42.8 Å². The Morgan fingerprint density at radius 2 is 1.79 bits per heavy atom. The Kier molecular flexibility index (Phi) is 4.56. The molecule has 0 amide bonds. The number of nitrogens with zero attached hydrogens (tertiary/aromatic N) is 1. The average molecular weight is 256 g/mol. The third-order valence-electron chi connectivity index (χ3n) is 3.54. The molecule has 1 unspecified atom stereocenters. The molecular formula is C17H24N2. The van der Waals surface area contributed by atoms with Crippen LogP contribution in [0.2, 0.25) is 0 Å². The molecule has 0 aliphatic heterocycles. The first-order valence-electron chi connectivity index (χ1n) is 6.96. The van der Waals surface area contributed by atoms with Crippen molar-refractivity contribution in [1.82, 2.24) is 4.90 Å². The predicted molar refractivity (Wildman–Crippen MR) is 83.2 cm³/mol. The highest BCUT2D eigenvalue weighted by Gasteiger charge is 2.06. The summed E-state index contributed by atoms with van der Waals surface area (Å²) in [6.45, 7) is 7.10. The summed E-state index contributed by atoms with van der Waals surface area (Å²) in [4.78, 5) is 2.34. The lowest BCUT2D eigenvalue weighted by Crippen LogP contribution is -2.28. The Morgan fingerprint density at radius 3 is 2.53 bits per heavy atom. The van der Waals surface area contributed by atoms with Crippen LogP contribution in [0.25, 0.3) is 10.8 Å². The van der Waals surface area contributed by atoms with Crippen LogP contribution in [-0.2, 0) is 6.54 Å². The maximum absolute atomic E-state index is 5.68. The fourth-order valence-corrected chi connectivity index (χ4v) is 2.50. The smallest absolute Gasteiger partial charge is 0.0231 e. The lowest BCUT2D eigenvalue weighted by atomic mass is 10.0. The molecule has 0 aromatic heterocycles. The summed E-state index contributed by atoms with van der Waals surface area (Å²) in [7, 11) is 2.16. The van der Waals surface area contributed by atoms with Gasteiger partial charge < -0.3 is 10.6 Å². The number of benzene rings is 2. The van der Waals surface area contributed by atoms with Gasteiger partial charge in [-0.05, 0) is 48.8 Å². The maximum Gasteiger partial charge on any atom is 0.0231 e. The van der Waals surface area contributed by atoms with Gasteiger partial charge in [-0.3, -0.25) is 0 Å². The van der Waals surface area contributed by atoms with E-state index in [0.29, 0.717) is 5.92 Å². The molecule has 2 N–H and O–H groups in total. The zero-order chi connectivity index (χ0) is 13.8. The number of rotatable bonds is 5. The number of nitrogens with two attached hydrogens (primary N) is 1. The Hall–Kier alpha value is -1.38. The molecule has 0 radical (unpaired) electrons. The van der Waals surface area contributed by atoms with Gasteiger partial charge in [0.05, 0.1) is 0 Å². The summed E-state index contributed by atoms with van der Waals surface area (Å²) in [5.41, 5.74) is 8.35. The highest BCUT2D eigenvalue weighted by atomic mass is 15.1. The summed E-state index contributed by atoms with van der Waals surface area (Å²) in [6, 6.07) is 13.4. The molecule has 1 atom stereocenters. The number of fused-ring (bicyclic) bond motifs is 1. The van der Waals surface area contributed by atoms with E-state index in [9.17, 15) is 0 Å². The van der Waals surface area contributed by atoms with Crippen LogP contribution >= 0.6 is 0 Å².